The number of rotatable bonds is 37. The molecule has 5 aromatic heterocycles. The Bertz CT molecular complexity index is 4390. The maximum absolute atomic E-state index is 14.0. The first-order valence-electron chi connectivity index (χ1n) is 32.9. The van der Waals surface area contributed by atoms with Gasteiger partial charge < -0.3 is 67.1 Å². The molecule has 34 heteroatoms. The van der Waals surface area contributed by atoms with Crippen LogP contribution in [0.5, 0.6) is 11.5 Å². The van der Waals surface area contributed by atoms with Crippen molar-refractivity contribution in [3.05, 3.63) is 124 Å². The van der Waals surface area contributed by atoms with Gasteiger partial charge in [0.2, 0.25) is 41.4 Å². The number of Topliss-reactive ketones (excluding diaryl/α,β-unsaturated/α-hetero) is 1. The molecule has 0 aliphatic rings. The van der Waals surface area contributed by atoms with Gasteiger partial charge in [-0.25, -0.2) is 24.2 Å². The Morgan fingerprint density at radius 1 is 0.663 bits per heavy atom. The van der Waals surface area contributed by atoms with Crippen LogP contribution in [0.1, 0.15) is 131 Å². The maximum Gasteiger partial charge on any atom is 0.407 e. The molecule has 5 heterocycles. The van der Waals surface area contributed by atoms with E-state index < -0.39 is 59.5 Å². The van der Waals surface area contributed by atoms with Gasteiger partial charge in [-0.15, -0.1) is 5.10 Å². The summed E-state index contributed by atoms with van der Waals surface area (Å²) < 4.78 is 25.3. The molecule has 0 fully saturated rings. The van der Waals surface area contributed by atoms with E-state index in [4.69, 9.17) is 41.4 Å². The predicted molar refractivity (Wildman–Crippen MR) is 370 cm³/mol. The van der Waals surface area contributed by atoms with E-state index in [1.807, 2.05) is 34.6 Å². The molecule has 0 saturated carbocycles. The molecule has 0 bridgehead atoms. The number of anilines is 3. The Kier molecular flexibility index (Phi) is 25.9. The van der Waals surface area contributed by atoms with Crippen molar-refractivity contribution in [2.45, 2.75) is 132 Å². The molecule has 34 nitrogen and oxygen atoms in total. The number of nitrogens with one attached hydrogen (secondary N) is 7. The Morgan fingerprint density at radius 2 is 1.24 bits per heavy atom. The smallest absolute Gasteiger partial charge is 0.407 e. The van der Waals surface area contributed by atoms with Crippen molar-refractivity contribution in [2.75, 3.05) is 49.3 Å². The summed E-state index contributed by atoms with van der Waals surface area (Å²) in [6.07, 6.45) is 5.58. The second-order valence-corrected chi connectivity index (χ2v) is 23.9. The van der Waals surface area contributed by atoms with Crippen molar-refractivity contribution < 1.29 is 62.2 Å². The molecule has 0 aliphatic carbocycles. The number of nitrogens with zero attached hydrogens (tertiary/aromatic N) is 11. The number of fused-ring (bicyclic) bond motifs is 2. The largest absolute Gasteiger partial charge is 0.494 e. The minimum atomic E-state index is -1.05. The number of ether oxygens (including phenoxy) is 3. The van der Waals surface area contributed by atoms with Crippen molar-refractivity contribution in [1.82, 2.24) is 74.9 Å². The average molecular weight is 1390 g/mol. The molecular formula is C67H85N21O13. The SMILES string of the molecule is CCc1cn(CC(=O)C[C@H](C(=O)N[C@@H](CCCNC(N)=O)C(=O)Nc2ccc(COC(=O)NCCC(=O)NCCCOc3cc(C(N)=O)cc4nc(NC(=O)c5cc(C)nn5CC)n(C/C=C/Cn5c(NC(=O)c6cc(C)nn6CC)nc6cc(C(N)=O)cc(OC)c65)c34)cc2)C(C)C)nn1. The Hall–Kier alpha value is -12.0. The van der Waals surface area contributed by atoms with Crippen molar-refractivity contribution in [2.24, 2.45) is 29.0 Å². The lowest BCUT2D eigenvalue weighted by Gasteiger charge is -2.24. The molecule has 2 atom stereocenters. The maximum atomic E-state index is 14.0. The number of aromatic nitrogens is 11. The van der Waals surface area contributed by atoms with Gasteiger partial charge in [-0.3, -0.25) is 58.4 Å². The molecule has 536 valence electrons. The highest BCUT2D eigenvalue weighted by Gasteiger charge is 2.31. The molecule has 0 radical (unpaired) electrons. The molecule has 101 heavy (non-hydrogen) atoms. The van der Waals surface area contributed by atoms with Gasteiger partial charge in [0.15, 0.2) is 5.78 Å². The van der Waals surface area contributed by atoms with Gasteiger partial charge in [0.05, 0.1) is 41.8 Å². The summed E-state index contributed by atoms with van der Waals surface area (Å²) in [7, 11) is 1.43. The summed E-state index contributed by atoms with van der Waals surface area (Å²) in [5, 5.41) is 36.0. The standard InChI is InChI=1S/C67H85N21O13/c1-9-44-35-84(83-80-44)36-46(89)34-47(38(4)5)60(93)75-48(16-14-22-72-64(70)97)61(94)74-45-19-17-41(18-20-45)37-101-67(98)73-24-21-55(90)71-23-15-27-100-54-33-43(59(69)92)31-50-57(54)86(66(77-50)79-63(96)52-29-40(7)82-88(52)11-3)26-13-12-25-85-56-49(30-42(58(68)91)32-53(56)99-8)76-65(85)78-62(95)51-28-39(6)81-87(51)10-2/h12-13,17-20,28-33,35,38,47-48H,9-11,14-16,21-27,34,36-37H2,1-8H3,(H2,68,91)(H2,69,92)(H,71,90)(H,73,98)(H,74,94)(H,75,93)(H3,70,72,97)(H,76,78,95)(H,77,79,96)/b13-12+/t47-,48-/m0/s1. The zero-order valence-electron chi connectivity index (χ0n) is 57.5. The van der Waals surface area contributed by atoms with Crippen LogP contribution in [0.3, 0.4) is 0 Å². The Labute approximate surface area is 580 Å². The molecule has 10 amide bonds. The number of benzene rings is 3. The molecule has 3 aromatic carbocycles. The van der Waals surface area contributed by atoms with Crippen LogP contribution in [0.4, 0.5) is 27.2 Å². The normalized spacial score (nSPS) is 11.9. The van der Waals surface area contributed by atoms with Crippen molar-refractivity contribution in [3.8, 4) is 11.5 Å². The van der Waals surface area contributed by atoms with E-state index in [0.29, 0.717) is 64.4 Å². The number of urea groups is 1. The zero-order valence-corrected chi connectivity index (χ0v) is 57.5. The number of nitrogens with two attached hydrogens (primary N) is 3. The number of carbonyl (C=O) groups excluding carboxylic acids is 10. The van der Waals surface area contributed by atoms with Crippen LogP contribution in [0.25, 0.3) is 22.1 Å². The Balaban J connectivity index is 0.867. The first-order valence-corrected chi connectivity index (χ1v) is 32.9. The molecular weight excluding hydrogens is 1310 g/mol. The third kappa shape index (κ3) is 20.1. The number of alkyl carbamates (subject to hydrolysis) is 1. The molecule has 0 unspecified atom stereocenters. The summed E-state index contributed by atoms with van der Waals surface area (Å²) in [4.78, 5) is 140. The fourth-order valence-corrected chi connectivity index (χ4v) is 10.9. The van der Waals surface area contributed by atoms with Gasteiger partial charge in [0.25, 0.3) is 11.8 Å². The highest BCUT2D eigenvalue weighted by atomic mass is 16.5. The average Bonchev–Trinajstić information content (AvgIpc) is 1.64. The lowest BCUT2D eigenvalue weighted by atomic mass is 9.89. The van der Waals surface area contributed by atoms with Crippen molar-refractivity contribution in [1.29, 1.82) is 0 Å². The Morgan fingerprint density at radius 3 is 1.77 bits per heavy atom. The number of primary amides is 3. The second-order valence-electron chi connectivity index (χ2n) is 23.9. The van der Waals surface area contributed by atoms with E-state index in [2.05, 4.69) is 57.7 Å². The van der Waals surface area contributed by atoms with Crippen LogP contribution in [-0.4, -0.2) is 152 Å². The van der Waals surface area contributed by atoms with Gasteiger partial charge in [-0.2, -0.15) is 10.2 Å². The molecule has 8 aromatic rings. The number of carbonyl (C=O) groups is 10. The zero-order chi connectivity index (χ0) is 73.0. The fraction of sp³-hybridized carbons (Fsp3) is 0.403. The highest BCUT2D eigenvalue weighted by Crippen LogP contribution is 2.34. The molecule has 13 N–H and O–H groups in total. The van der Waals surface area contributed by atoms with E-state index in [9.17, 15) is 47.9 Å². The van der Waals surface area contributed by atoms with E-state index in [-0.39, 0.29) is 148 Å². The van der Waals surface area contributed by atoms with Crippen LogP contribution in [-0.2, 0) is 69.7 Å². The monoisotopic (exact) mass is 1390 g/mol. The van der Waals surface area contributed by atoms with E-state index in [0.717, 1.165) is 5.69 Å². The number of hydrogen-bond acceptors (Lipinski definition) is 19. The number of hydrogen-bond donors (Lipinski definition) is 10. The van der Waals surface area contributed by atoms with Crippen LogP contribution in [0.2, 0.25) is 0 Å². The second kappa shape index (κ2) is 35.0. The summed E-state index contributed by atoms with van der Waals surface area (Å²) in [6, 6.07) is 13.8. The minimum Gasteiger partial charge on any atom is -0.494 e. The number of imidazole rings is 2. The van der Waals surface area contributed by atoms with Crippen molar-refractivity contribution >= 4 is 98.9 Å². The summed E-state index contributed by atoms with van der Waals surface area (Å²) in [6.45, 7) is 13.7. The van der Waals surface area contributed by atoms with Gasteiger partial charge >= 0.3 is 12.1 Å². The summed E-state index contributed by atoms with van der Waals surface area (Å²) in [5.41, 5.74) is 21.7. The van der Waals surface area contributed by atoms with Crippen LogP contribution in [0, 0.1) is 25.7 Å². The van der Waals surface area contributed by atoms with Gasteiger partial charge in [0.1, 0.15) is 53.1 Å². The third-order valence-electron chi connectivity index (χ3n) is 16.1. The van der Waals surface area contributed by atoms with Crippen LogP contribution in [0.15, 0.2) is 79.0 Å². The quantitative estimate of drug-likeness (QED) is 0.0188. The molecule has 0 saturated heterocycles. The topological polar surface area (TPSA) is 463 Å². The van der Waals surface area contributed by atoms with E-state index >= 15 is 0 Å². The van der Waals surface area contributed by atoms with Gasteiger partial charge in [0, 0.05) is 87.6 Å². The molecule has 8 rings (SSSR count). The predicted octanol–water partition coefficient (Wildman–Crippen LogP) is 4.56. The van der Waals surface area contributed by atoms with Gasteiger partial charge in [-0.05, 0) is 113 Å². The lowest BCUT2D eigenvalue weighted by Crippen LogP contribution is -2.47. The van der Waals surface area contributed by atoms with Gasteiger partial charge in [-0.1, -0.05) is 50.3 Å². The van der Waals surface area contributed by atoms with Crippen molar-refractivity contribution in [3.63, 3.8) is 0 Å². The molecule has 0 spiro atoms. The first-order chi connectivity index (χ1) is 48.4. The minimum absolute atomic E-state index is 0.0137. The number of allylic oxidation sites excluding steroid dienone is 2. The van der Waals surface area contributed by atoms with Crippen LogP contribution < -0.4 is 63.9 Å². The summed E-state index contributed by atoms with van der Waals surface area (Å²) >= 11 is 0. The molecule has 0 aliphatic heterocycles. The first kappa shape index (κ1) is 74.8. The summed E-state index contributed by atoms with van der Waals surface area (Å²) in [5.74, 6) is -4.56. The number of ketones is 1. The van der Waals surface area contributed by atoms with Crippen LogP contribution >= 0.6 is 0 Å². The number of methoxy groups -OCH3 is 1. The number of aryl methyl sites for hydroxylation is 5. The fourth-order valence-electron chi connectivity index (χ4n) is 10.9. The van der Waals surface area contributed by atoms with E-state index in [1.165, 1.54) is 36.1 Å². The highest BCUT2D eigenvalue weighted by molar-refractivity contribution is 6.06. The lowest BCUT2D eigenvalue weighted by molar-refractivity contribution is -0.133. The third-order valence-corrected chi connectivity index (χ3v) is 16.1. The number of amides is 10. The van der Waals surface area contributed by atoms with E-state index in [1.54, 1.807) is 87.1 Å².